The van der Waals surface area contributed by atoms with Crippen LogP contribution in [0, 0.1) is 5.82 Å². The molecule has 0 spiro atoms. The lowest BCUT2D eigenvalue weighted by molar-refractivity contribution is -0.128. The summed E-state index contributed by atoms with van der Waals surface area (Å²) in [6, 6.07) is 6.21. The number of rotatable bonds is 5. The van der Waals surface area contributed by atoms with Gasteiger partial charge < -0.3 is 20.1 Å². The van der Waals surface area contributed by atoms with Gasteiger partial charge in [-0.25, -0.2) is 4.39 Å². The molecule has 2 saturated heterocycles. The fourth-order valence-electron chi connectivity index (χ4n) is 3.60. The maximum atomic E-state index is 13.0. The van der Waals surface area contributed by atoms with Gasteiger partial charge in [0, 0.05) is 39.6 Å². The maximum absolute atomic E-state index is 13.0. The molecule has 26 heavy (non-hydrogen) atoms. The summed E-state index contributed by atoms with van der Waals surface area (Å²) in [5.74, 6) is -0.132. The van der Waals surface area contributed by atoms with Crippen LogP contribution in [0.5, 0.6) is 0 Å². The average molecular weight is 365 g/mol. The second-order valence-corrected chi connectivity index (χ2v) is 7.14. The van der Waals surface area contributed by atoms with Crippen molar-refractivity contribution in [2.24, 2.45) is 0 Å². The third kappa shape index (κ3) is 5.01. The van der Waals surface area contributed by atoms with E-state index in [1.165, 1.54) is 12.1 Å². The van der Waals surface area contributed by atoms with Gasteiger partial charge in [0.2, 0.25) is 5.91 Å². The molecule has 0 aromatic heterocycles. The highest BCUT2D eigenvalue weighted by molar-refractivity contribution is 5.73. The number of ether oxygens (including phenoxy) is 1. The monoisotopic (exact) mass is 365 g/mol. The van der Waals surface area contributed by atoms with Crippen molar-refractivity contribution in [2.75, 3.05) is 39.3 Å². The second-order valence-electron chi connectivity index (χ2n) is 7.14. The smallest absolute Gasteiger partial charge is 0.219 e. The number of carbonyl (C=O) groups excluding carboxylic acids is 1. The zero-order chi connectivity index (χ0) is 18.5. The Labute approximate surface area is 153 Å². The topological polar surface area (TPSA) is 65.0 Å². The Hall–Kier alpha value is -1.54. The summed E-state index contributed by atoms with van der Waals surface area (Å²) < 4.78 is 18.8. The minimum atomic E-state index is -0.581. The summed E-state index contributed by atoms with van der Waals surface area (Å²) in [5.41, 5.74) is 0.971. The number of hydrogen-bond donors (Lipinski definition) is 2. The summed E-state index contributed by atoms with van der Waals surface area (Å²) >= 11 is 0. The number of aliphatic hydroxyl groups excluding tert-OH is 1. The molecule has 0 aliphatic carbocycles. The second kappa shape index (κ2) is 8.90. The van der Waals surface area contributed by atoms with Crippen molar-refractivity contribution < 1.29 is 19.0 Å². The fourth-order valence-corrected chi connectivity index (χ4v) is 3.60. The van der Waals surface area contributed by atoms with E-state index >= 15 is 0 Å². The van der Waals surface area contributed by atoms with Crippen LogP contribution in [0.1, 0.15) is 18.9 Å². The molecule has 0 saturated carbocycles. The van der Waals surface area contributed by atoms with E-state index in [4.69, 9.17) is 4.74 Å². The highest BCUT2D eigenvalue weighted by Gasteiger charge is 2.36. The van der Waals surface area contributed by atoms with Crippen molar-refractivity contribution >= 4 is 5.91 Å². The molecule has 1 aromatic carbocycles. The van der Waals surface area contributed by atoms with E-state index in [2.05, 4.69) is 10.2 Å². The number of hydrogen-bond acceptors (Lipinski definition) is 5. The Morgan fingerprint density at radius 3 is 2.77 bits per heavy atom. The third-order valence-corrected chi connectivity index (χ3v) is 5.24. The molecule has 3 rings (SSSR count). The van der Waals surface area contributed by atoms with Gasteiger partial charge in [-0.2, -0.15) is 0 Å². The number of nitrogens with one attached hydrogen (secondary N) is 1. The predicted octanol–water partition coefficient (Wildman–Crippen LogP) is 0.598. The SMILES string of the molecule is CC(=O)N1CCCN(C[C@@H]2OC[C@H](NCc3ccc(F)cc3)[C@H]2O)CC1. The van der Waals surface area contributed by atoms with E-state index in [1.54, 1.807) is 19.1 Å². The quantitative estimate of drug-likeness (QED) is 0.800. The van der Waals surface area contributed by atoms with Crippen LogP contribution >= 0.6 is 0 Å². The molecule has 2 fully saturated rings. The Balaban J connectivity index is 1.45. The van der Waals surface area contributed by atoms with Crippen LogP contribution in [-0.4, -0.2) is 78.4 Å². The van der Waals surface area contributed by atoms with Crippen LogP contribution in [0.15, 0.2) is 24.3 Å². The van der Waals surface area contributed by atoms with Crippen molar-refractivity contribution in [3.63, 3.8) is 0 Å². The van der Waals surface area contributed by atoms with Gasteiger partial charge in [-0.15, -0.1) is 0 Å². The zero-order valence-electron chi connectivity index (χ0n) is 15.2. The standard InChI is InChI=1S/C19H28FN3O3/c1-14(24)23-8-2-7-22(9-10-23)12-18-19(25)17(13-26-18)21-11-15-3-5-16(20)6-4-15/h3-6,17-19,21,25H,2,7-13H2,1H3/t17-,18-,19+/m0/s1. The Morgan fingerprint density at radius 1 is 1.27 bits per heavy atom. The van der Waals surface area contributed by atoms with E-state index in [1.807, 2.05) is 4.90 Å². The van der Waals surface area contributed by atoms with Gasteiger partial charge in [-0.3, -0.25) is 9.69 Å². The molecule has 0 radical (unpaired) electrons. The first-order chi connectivity index (χ1) is 12.5. The summed E-state index contributed by atoms with van der Waals surface area (Å²) in [6.45, 7) is 6.53. The van der Waals surface area contributed by atoms with Crippen LogP contribution in [0.2, 0.25) is 0 Å². The van der Waals surface area contributed by atoms with E-state index < -0.39 is 6.10 Å². The molecule has 2 aliphatic rings. The number of nitrogens with zero attached hydrogens (tertiary/aromatic N) is 2. The predicted molar refractivity (Wildman–Crippen MR) is 96.1 cm³/mol. The van der Waals surface area contributed by atoms with Crippen LogP contribution in [0.3, 0.4) is 0 Å². The number of halogens is 1. The van der Waals surface area contributed by atoms with Crippen molar-refractivity contribution in [1.29, 1.82) is 0 Å². The van der Waals surface area contributed by atoms with Crippen LogP contribution in [0.4, 0.5) is 4.39 Å². The minimum Gasteiger partial charge on any atom is -0.389 e. The molecule has 2 aliphatic heterocycles. The van der Waals surface area contributed by atoms with Crippen LogP contribution in [-0.2, 0) is 16.1 Å². The first kappa shape index (κ1) is 19.2. The van der Waals surface area contributed by atoms with E-state index in [0.29, 0.717) is 19.7 Å². The van der Waals surface area contributed by atoms with Crippen molar-refractivity contribution in [3.8, 4) is 0 Å². The zero-order valence-corrected chi connectivity index (χ0v) is 15.2. The largest absolute Gasteiger partial charge is 0.389 e. The highest BCUT2D eigenvalue weighted by atomic mass is 19.1. The molecule has 1 amide bonds. The molecule has 6 nitrogen and oxygen atoms in total. The number of amides is 1. The molecular weight excluding hydrogens is 337 g/mol. The molecule has 0 bridgehead atoms. The fraction of sp³-hybridized carbons (Fsp3) is 0.632. The summed E-state index contributed by atoms with van der Waals surface area (Å²) in [5, 5.41) is 13.9. The average Bonchev–Trinajstić information content (AvgIpc) is 2.83. The van der Waals surface area contributed by atoms with Crippen molar-refractivity contribution in [3.05, 3.63) is 35.6 Å². The van der Waals surface area contributed by atoms with E-state index in [0.717, 1.165) is 38.2 Å². The Morgan fingerprint density at radius 2 is 2.04 bits per heavy atom. The number of carbonyl (C=O) groups is 1. The maximum Gasteiger partial charge on any atom is 0.219 e. The van der Waals surface area contributed by atoms with E-state index in [-0.39, 0.29) is 23.9 Å². The molecule has 1 aromatic rings. The van der Waals surface area contributed by atoms with Gasteiger partial charge in [0.1, 0.15) is 5.82 Å². The first-order valence-electron chi connectivity index (χ1n) is 9.28. The van der Waals surface area contributed by atoms with Gasteiger partial charge in [0.15, 0.2) is 0 Å². The summed E-state index contributed by atoms with van der Waals surface area (Å²) in [7, 11) is 0. The Kier molecular flexibility index (Phi) is 6.58. The molecule has 2 heterocycles. The summed E-state index contributed by atoms with van der Waals surface area (Å²) in [6.07, 6.45) is 0.126. The van der Waals surface area contributed by atoms with Gasteiger partial charge in [-0.1, -0.05) is 12.1 Å². The van der Waals surface area contributed by atoms with Gasteiger partial charge in [-0.05, 0) is 30.7 Å². The Bertz CT molecular complexity index is 598. The van der Waals surface area contributed by atoms with Crippen LogP contribution in [0.25, 0.3) is 0 Å². The molecule has 3 atom stereocenters. The van der Waals surface area contributed by atoms with Gasteiger partial charge in [0.25, 0.3) is 0 Å². The van der Waals surface area contributed by atoms with Gasteiger partial charge >= 0.3 is 0 Å². The lowest BCUT2D eigenvalue weighted by Crippen LogP contribution is -2.45. The normalized spacial score (nSPS) is 27.5. The van der Waals surface area contributed by atoms with Crippen molar-refractivity contribution in [2.45, 2.75) is 38.1 Å². The van der Waals surface area contributed by atoms with Crippen molar-refractivity contribution in [1.82, 2.24) is 15.1 Å². The molecule has 144 valence electrons. The minimum absolute atomic E-state index is 0.119. The molecule has 2 N–H and O–H groups in total. The molecular formula is C19H28FN3O3. The van der Waals surface area contributed by atoms with Crippen LogP contribution < -0.4 is 5.32 Å². The number of benzene rings is 1. The first-order valence-corrected chi connectivity index (χ1v) is 9.28. The van der Waals surface area contributed by atoms with E-state index in [9.17, 15) is 14.3 Å². The lowest BCUT2D eigenvalue weighted by Gasteiger charge is -2.26. The summed E-state index contributed by atoms with van der Waals surface area (Å²) in [4.78, 5) is 15.7. The third-order valence-electron chi connectivity index (χ3n) is 5.24. The molecule has 0 unspecified atom stereocenters. The lowest BCUT2D eigenvalue weighted by atomic mass is 10.1. The molecule has 7 heteroatoms. The highest BCUT2D eigenvalue weighted by Crippen LogP contribution is 2.17. The number of aliphatic hydroxyl groups is 1. The van der Waals surface area contributed by atoms with Gasteiger partial charge in [0.05, 0.1) is 24.9 Å².